The summed E-state index contributed by atoms with van der Waals surface area (Å²) in [6.07, 6.45) is 16.3. The van der Waals surface area contributed by atoms with Crippen molar-refractivity contribution in [2.24, 2.45) is 11.8 Å². The normalized spacial score (nSPS) is 12.5. The number of aliphatic carboxylic acids is 2. The van der Waals surface area contributed by atoms with Gasteiger partial charge in [0.15, 0.2) is 0 Å². The van der Waals surface area contributed by atoms with Gasteiger partial charge in [0.1, 0.15) is 0 Å². The molecule has 0 aromatic heterocycles. The van der Waals surface area contributed by atoms with Crippen LogP contribution in [0.15, 0.2) is 0 Å². The van der Waals surface area contributed by atoms with Gasteiger partial charge in [0.25, 0.3) is 0 Å². The maximum Gasteiger partial charge on any atom is 1.00 e. The third kappa shape index (κ3) is 28.2. The molecule has 0 aromatic carbocycles. The zero-order valence-electron chi connectivity index (χ0n) is 19.1. The van der Waals surface area contributed by atoms with Crippen molar-refractivity contribution in [2.75, 3.05) is 0 Å². The first-order valence-corrected chi connectivity index (χ1v) is 10.8. The molecule has 0 aliphatic carbocycles. The van der Waals surface area contributed by atoms with Crippen LogP contribution in [0.2, 0.25) is 0 Å². The van der Waals surface area contributed by atoms with Crippen LogP contribution in [0.4, 0.5) is 0 Å². The van der Waals surface area contributed by atoms with Gasteiger partial charge < -0.3 is 19.8 Å². The SMILES string of the molecule is CC(CCCCCCC(=O)[O-])CCCCC(C)CCCCCCC(=O)[O-].[K+].[K+]. The summed E-state index contributed by atoms with van der Waals surface area (Å²) < 4.78 is 0. The Morgan fingerprint density at radius 2 is 0.786 bits per heavy atom. The van der Waals surface area contributed by atoms with E-state index in [0.717, 1.165) is 50.4 Å². The van der Waals surface area contributed by atoms with Gasteiger partial charge in [0, 0.05) is 11.9 Å². The van der Waals surface area contributed by atoms with E-state index in [1.54, 1.807) is 0 Å². The minimum atomic E-state index is -0.927. The molecule has 154 valence electrons. The fourth-order valence-electron chi connectivity index (χ4n) is 3.51. The van der Waals surface area contributed by atoms with Crippen LogP contribution in [-0.4, -0.2) is 11.9 Å². The van der Waals surface area contributed by atoms with Gasteiger partial charge in [0.2, 0.25) is 0 Å². The Morgan fingerprint density at radius 1 is 0.536 bits per heavy atom. The van der Waals surface area contributed by atoms with Gasteiger partial charge in [-0.05, 0) is 37.5 Å². The largest absolute Gasteiger partial charge is 1.00 e. The van der Waals surface area contributed by atoms with Crippen LogP contribution in [0.1, 0.15) is 117 Å². The Hall–Kier alpha value is 2.21. The standard InChI is InChI=1S/C22H42O4.2K/c1-19(13-7-3-5-9-17-21(23)24)15-11-12-16-20(2)14-8-4-6-10-18-22(25)26;;/h19-20H,3-18H2,1-2H3,(H,23,24)(H,25,26);;/q;2*+1/p-2. The molecule has 0 rings (SSSR count). The van der Waals surface area contributed by atoms with E-state index in [9.17, 15) is 19.8 Å². The van der Waals surface area contributed by atoms with Crippen molar-refractivity contribution >= 4 is 11.9 Å². The van der Waals surface area contributed by atoms with E-state index in [0.29, 0.717) is 0 Å². The summed E-state index contributed by atoms with van der Waals surface area (Å²) in [4.78, 5) is 20.6. The molecule has 0 N–H and O–H groups in total. The Bertz CT molecular complexity index is 330. The third-order valence-corrected chi connectivity index (χ3v) is 5.30. The topological polar surface area (TPSA) is 80.3 Å². The molecule has 0 amide bonds. The maximum atomic E-state index is 10.3. The van der Waals surface area contributed by atoms with Crippen LogP contribution in [0.25, 0.3) is 0 Å². The Kier molecular flexibility index (Phi) is 31.7. The fraction of sp³-hybridized carbons (Fsp3) is 0.909. The van der Waals surface area contributed by atoms with E-state index in [2.05, 4.69) is 13.8 Å². The number of rotatable bonds is 19. The van der Waals surface area contributed by atoms with E-state index in [1.807, 2.05) is 0 Å². The summed E-state index contributed by atoms with van der Waals surface area (Å²) in [6, 6.07) is 0. The predicted molar refractivity (Wildman–Crippen MR) is 102 cm³/mol. The van der Waals surface area contributed by atoms with Crippen LogP contribution in [0.3, 0.4) is 0 Å². The fourth-order valence-corrected chi connectivity index (χ4v) is 3.51. The van der Waals surface area contributed by atoms with Crippen LogP contribution in [0.5, 0.6) is 0 Å². The zero-order valence-corrected chi connectivity index (χ0v) is 25.3. The van der Waals surface area contributed by atoms with E-state index in [-0.39, 0.29) is 116 Å². The average Bonchev–Trinajstić information content (AvgIpc) is 2.57. The number of hydrogen-bond acceptors (Lipinski definition) is 4. The van der Waals surface area contributed by atoms with Crippen molar-refractivity contribution in [1.82, 2.24) is 0 Å². The molecule has 28 heavy (non-hydrogen) atoms. The molecule has 0 aliphatic heterocycles. The van der Waals surface area contributed by atoms with Crippen molar-refractivity contribution < 1.29 is 123 Å². The molecule has 0 spiro atoms. The zero-order chi connectivity index (χ0) is 19.6. The summed E-state index contributed by atoms with van der Waals surface area (Å²) in [5.41, 5.74) is 0. The second kappa shape index (κ2) is 25.5. The molecule has 0 saturated carbocycles. The van der Waals surface area contributed by atoms with Crippen molar-refractivity contribution in [2.45, 2.75) is 117 Å². The molecule has 0 heterocycles. The number of carboxylic acid groups (broad SMARTS) is 2. The van der Waals surface area contributed by atoms with Gasteiger partial charge in [-0.2, -0.15) is 0 Å². The summed E-state index contributed by atoms with van der Waals surface area (Å²) in [5, 5.41) is 20.6. The monoisotopic (exact) mass is 446 g/mol. The Labute approximate surface area is 258 Å². The number of hydrogen-bond donors (Lipinski definition) is 0. The molecule has 0 saturated heterocycles. The Balaban J connectivity index is -0.00000312. The first-order chi connectivity index (χ1) is 12.4. The molecular weight excluding hydrogens is 406 g/mol. The first-order valence-electron chi connectivity index (χ1n) is 10.8. The number of carbonyl (C=O) groups excluding carboxylic acids is 2. The molecular formula is C22H40K2O4. The Morgan fingerprint density at radius 3 is 1.07 bits per heavy atom. The van der Waals surface area contributed by atoms with Crippen LogP contribution in [-0.2, 0) is 9.59 Å². The number of unbranched alkanes of at least 4 members (excludes halogenated alkanes) is 7. The van der Waals surface area contributed by atoms with E-state index in [4.69, 9.17) is 0 Å². The molecule has 6 heteroatoms. The van der Waals surface area contributed by atoms with Crippen LogP contribution < -0.4 is 113 Å². The van der Waals surface area contributed by atoms with Crippen molar-refractivity contribution in [1.29, 1.82) is 0 Å². The third-order valence-electron chi connectivity index (χ3n) is 5.30. The van der Waals surface area contributed by atoms with Crippen molar-refractivity contribution in [3.05, 3.63) is 0 Å². The van der Waals surface area contributed by atoms with Crippen LogP contribution >= 0.6 is 0 Å². The second-order valence-corrected chi connectivity index (χ2v) is 8.14. The summed E-state index contributed by atoms with van der Waals surface area (Å²) in [5.74, 6) is -0.308. The average molecular weight is 447 g/mol. The van der Waals surface area contributed by atoms with Crippen molar-refractivity contribution in [3.8, 4) is 0 Å². The van der Waals surface area contributed by atoms with Gasteiger partial charge >= 0.3 is 103 Å². The van der Waals surface area contributed by atoms with Gasteiger partial charge in [-0.25, -0.2) is 0 Å². The van der Waals surface area contributed by atoms with E-state index < -0.39 is 11.9 Å². The van der Waals surface area contributed by atoms with Gasteiger partial charge in [-0.1, -0.05) is 90.9 Å². The van der Waals surface area contributed by atoms with Gasteiger partial charge in [-0.15, -0.1) is 0 Å². The minimum absolute atomic E-state index is 0. The summed E-state index contributed by atoms with van der Waals surface area (Å²) in [7, 11) is 0. The molecule has 0 bridgehead atoms. The summed E-state index contributed by atoms with van der Waals surface area (Å²) in [6.45, 7) is 4.66. The predicted octanol–water partition coefficient (Wildman–Crippen LogP) is -1.99. The molecule has 2 unspecified atom stereocenters. The number of carboxylic acids is 2. The molecule has 0 fully saturated rings. The molecule has 0 aliphatic rings. The molecule has 2 atom stereocenters. The van der Waals surface area contributed by atoms with E-state index >= 15 is 0 Å². The van der Waals surface area contributed by atoms with Gasteiger partial charge in [0.05, 0.1) is 0 Å². The minimum Gasteiger partial charge on any atom is -0.550 e. The quantitative estimate of drug-likeness (QED) is 0.170. The molecule has 4 nitrogen and oxygen atoms in total. The number of carbonyl (C=O) groups is 2. The first kappa shape index (κ1) is 34.8. The second-order valence-electron chi connectivity index (χ2n) is 8.14. The van der Waals surface area contributed by atoms with Crippen LogP contribution in [0, 0.1) is 11.8 Å². The van der Waals surface area contributed by atoms with Gasteiger partial charge in [-0.3, -0.25) is 0 Å². The molecule has 0 aromatic rings. The van der Waals surface area contributed by atoms with Crippen molar-refractivity contribution in [3.63, 3.8) is 0 Å². The van der Waals surface area contributed by atoms with E-state index in [1.165, 1.54) is 51.4 Å². The smallest absolute Gasteiger partial charge is 0.550 e. The maximum absolute atomic E-state index is 10.3. The summed E-state index contributed by atoms with van der Waals surface area (Å²) >= 11 is 0. The molecule has 0 radical (unpaired) electrons.